The Morgan fingerprint density at radius 2 is 1.90 bits per heavy atom. The van der Waals surface area contributed by atoms with Gasteiger partial charge in [-0.25, -0.2) is 9.18 Å². The number of carbonyl (C=O) groups is 3. The van der Waals surface area contributed by atoms with Crippen molar-refractivity contribution in [2.45, 2.75) is 27.2 Å². The lowest BCUT2D eigenvalue weighted by Crippen LogP contribution is -2.15. The molecule has 0 fully saturated rings. The van der Waals surface area contributed by atoms with E-state index >= 15 is 0 Å². The number of amides is 1. The minimum atomic E-state index is -0.621. The van der Waals surface area contributed by atoms with E-state index in [2.05, 4.69) is 10.5 Å². The largest absolute Gasteiger partial charge is 0.462 e. The number of Topliss-reactive ketones (excluding diaryl/α,β-unsaturated/α-hetero) is 1. The molecule has 0 aliphatic carbocycles. The standard InChI is InChI=1S/C21H19FN2O5S/c1-4-15(25)18-11(3)17(21(27)28-5-2)20(30-18)23-19(26)14-10-16(29-24-14)12-6-8-13(22)9-7-12/h6-10H,4-5H2,1-3H3,(H,23,26). The first-order valence-corrected chi connectivity index (χ1v) is 10.0. The summed E-state index contributed by atoms with van der Waals surface area (Å²) in [6, 6.07) is 6.95. The summed E-state index contributed by atoms with van der Waals surface area (Å²) in [4.78, 5) is 37.7. The summed E-state index contributed by atoms with van der Waals surface area (Å²) in [7, 11) is 0. The first-order valence-electron chi connectivity index (χ1n) is 9.23. The molecule has 0 spiro atoms. The monoisotopic (exact) mass is 430 g/mol. The number of ether oxygens (including phenoxy) is 1. The molecule has 156 valence electrons. The summed E-state index contributed by atoms with van der Waals surface area (Å²) in [5.74, 6) is -1.48. The number of aromatic nitrogens is 1. The fourth-order valence-corrected chi connectivity index (χ4v) is 3.98. The van der Waals surface area contributed by atoms with Gasteiger partial charge < -0.3 is 14.6 Å². The van der Waals surface area contributed by atoms with E-state index in [1.807, 2.05) is 0 Å². The Labute approximate surface area is 175 Å². The Balaban J connectivity index is 1.90. The summed E-state index contributed by atoms with van der Waals surface area (Å²) >= 11 is 1.02. The van der Waals surface area contributed by atoms with Crippen molar-refractivity contribution in [1.29, 1.82) is 0 Å². The second-order valence-electron chi connectivity index (χ2n) is 6.29. The van der Waals surface area contributed by atoms with Crippen molar-refractivity contribution >= 4 is 34.0 Å². The van der Waals surface area contributed by atoms with Crippen LogP contribution in [0.25, 0.3) is 11.3 Å². The van der Waals surface area contributed by atoms with Crippen LogP contribution in [0.2, 0.25) is 0 Å². The van der Waals surface area contributed by atoms with Crippen molar-refractivity contribution < 1.29 is 28.0 Å². The SMILES string of the molecule is CCOC(=O)c1c(NC(=O)c2cc(-c3ccc(F)cc3)on2)sc(C(=O)CC)c1C. The van der Waals surface area contributed by atoms with Crippen molar-refractivity contribution in [3.63, 3.8) is 0 Å². The number of carbonyl (C=O) groups excluding carboxylic acids is 3. The molecule has 2 heterocycles. The molecule has 7 nitrogen and oxygen atoms in total. The third kappa shape index (κ3) is 4.30. The second kappa shape index (κ2) is 9.00. The first-order chi connectivity index (χ1) is 14.3. The molecule has 0 atom stereocenters. The Bertz CT molecular complexity index is 1100. The number of anilines is 1. The first kappa shape index (κ1) is 21.4. The summed E-state index contributed by atoms with van der Waals surface area (Å²) in [6.45, 7) is 5.19. The number of thiophene rings is 1. The number of rotatable bonds is 7. The molecule has 2 aromatic heterocycles. The molecule has 0 aliphatic heterocycles. The van der Waals surface area contributed by atoms with Crippen LogP contribution in [0.4, 0.5) is 9.39 Å². The van der Waals surface area contributed by atoms with E-state index in [4.69, 9.17) is 9.26 Å². The number of esters is 1. The van der Waals surface area contributed by atoms with Gasteiger partial charge in [0.1, 0.15) is 10.8 Å². The molecule has 1 aromatic carbocycles. The van der Waals surface area contributed by atoms with E-state index in [-0.39, 0.29) is 40.8 Å². The number of nitrogens with one attached hydrogen (secondary N) is 1. The van der Waals surface area contributed by atoms with Crippen LogP contribution in [0.15, 0.2) is 34.9 Å². The number of ketones is 1. The van der Waals surface area contributed by atoms with Gasteiger partial charge in [0, 0.05) is 18.1 Å². The molecule has 1 amide bonds. The number of nitrogens with zero attached hydrogens (tertiary/aromatic N) is 1. The molecule has 0 saturated carbocycles. The van der Waals surface area contributed by atoms with E-state index in [0.717, 1.165) is 11.3 Å². The molecule has 0 aliphatic rings. The van der Waals surface area contributed by atoms with Gasteiger partial charge in [0.2, 0.25) is 0 Å². The Morgan fingerprint density at radius 1 is 1.20 bits per heavy atom. The molecular formula is C21H19FN2O5S. The number of benzene rings is 1. The average Bonchev–Trinajstić information content (AvgIpc) is 3.33. The highest BCUT2D eigenvalue weighted by Gasteiger charge is 2.27. The molecule has 30 heavy (non-hydrogen) atoms. The normalized spacial score (nSPS) is 10.7. The molecule has 3 aromatic rings. The zero-order valence-corrected chi connectivity index (χ0v) is 17.4. The molecule has 0 bridgehead atoms. The summed E-state index contributed by atoms with van der Waals surface area (Å²) < 4.78 is 23.3. The van der Waals surface area contributed by atoms with Gasteiger partial charge in [-0.1, -0.05) is 12.1 Å². The van der Waals surface area contributed by atoms with Gasteiger partial charge in [-0.05, 0) is 43.7 Å². The topological polar surface area (TPSA) is 98.5 Å². The lowest BCUT2D eigenvalue weighted by Gasteiger charge is -2.05. The quantitative estimate of drug-likeness (QED) is 0.424. The summed E-state index contributed by atoms with van der Waals surface area (Å²) in [6.07, 6.45) is 0.265. The van der Waals surface area contributed by atoms with Crippen LogP contribution in [-0.2, 0) is 4.74 Å². The molecular weight excluding hydrogens is 411 g/mol. The molecule has 0 unspecified atom stereocenters. The van der Waals surface area contributed by atoms with Crippen LogP contribution >= 0.6 is 11.3 Å². The predicted molar refractivity (Wildman–Crippen MR) is 109 cm³/mol. The van der Waals surface area contributed by atoms with Gasteiger partial charge >= 0.3 is 5.97 Å². The van der Waals surface area contributed by atoms with Gasteiger partial charge in [0.25, 0.3) is 5.91 Å². The molecule has 1 N–H and O–H groups in total. The number of hydrogen-bond donors (Lipinski definition) is 1. The fourth-order valence-electron chi connectivity index (χ4n) is 2.78. The van der Waals surface area contributed by atoms with Crippen molar-refractivity contribution in [3.8, 4) is 11.3 Å². The highest BCUT2D eigenvalue weighted by molar-refractivity contribution is 7.18. The minimum absolute atomic E-state index is 0.0291. The maximum Gasteiger partial charge on any atom is 0.341 e. The Kier molecular flexibility index (Phi) is 6.41. The average molecular weight is 430 g/mol. The molecule has 9 heteroatoms. The Morgan fingerprint density at radius 3 is 2.53 bits per heavy atom. The van der Waals surface area contributed by atoms with E-state index in [1.54, 1.807) is 20.8 Å². The highest BCUT2D eigenvalue weighted by atomic mass is 32.1. The molecule has 0 radical (unpaired) electrons. The minimum Gasteiger partial charge on any atom is -0.462 e. The second-order valence-corrected chi connectivity index (χ2v) is 7.32. The van der Waals surface area contributed by atoms with Crippen molar-refractivity contribution in [3.05, 3.63) is 57.8 Å². The van der Waals surface area contributed by atoms with E-state index in [9.17, 15) is 18.8 Å². The number of hydrogen-bond acceptors (Lipinski definition) is 7. The van der Waals surface area contributed by atoms with Crippen LogP contribution in [0.3, 0.4) is 0 Å². The van der Waals surface area contributed by atoms with Crippen LogP contribution < -0.4 is 5.32 Å². The third-order valence-corrected chi connectivity index (χ3v) is 5.55. The molecule has 0 saturated heterocycles. The zero-order chi connectivity index (χ0) is 21.8. The van der Waals surface area contributed by atoms with Crippen LogP contribution in [0, 0.1) is 12.7 Å². The highest BCUT2D eigenvalue weighted by Crippen LogP contribution is 2.35. The van der Waals surface area contributed by atoms with Crippen molar-refractivity contribution in [1.82, 2.24) is 5.16 Å². The van der Waals surface area contributed by atoms with Gasteiger partial charge in [-0.15, -0.1) is 11.3 Å². The zero-order valence-electron chi connectivity index (χ0n) is 16.6. The summed E-state index contributed by atoms with van der Waals surface area (Å²) in [5, 5.41) is 6.57. The fraction of sp³-hybridized carbons (Fsp3) is 0.238. The van der Waals surface area contributed by atoms with Crippen LogP contribution in [-0.4, -0.2) is 29.4 Å². The van der Waals surface area contributed by atoms with E-state index < -0.39 is 17.7 Å². The summed E-state index contributed by atoms with van der Waals surface area (Å²) in [5.41, 5.74) is 1.14. The Hall–Kier alpha value is -3.33. The maximum absolute atomic E-state index is 13.1. The van der Waals surface area contributed by atoms with Gasteiger partial charge in [-0.2, -0.15) is 0 Å². The smallest absolute Gasteiger partial charge is 0.341 e. The van der Waals surface area contributed by atoms with Crippen LogP contribution in [0.1, 0.15) is 56.3 Å². The lowest BCUT2D eigenvalue weighted by atomic mass is 10.1. The van der Waals surface area contributed by atoms with Crippen LogP contribution in [0.5, 0.6) is 0 Å². The van der Waals surface area contributed by atoms with Crippen molar-refractivity contribution in [2.24, 2.45) is 0 Å². The molecule has 3 rings (SSSR count). The third-order valence-electron chi connectivity index (χ3n) is 4.30. The van der Waals surface area contributed by atoms with E-state index in [0.29, 0.717) is 16.0 Å². The lowest BCUT2D eigenvalue weighted by molar-refractivity contribution is 0.0527. The van der Waals surface area contributed by atoms with Crippen molar-refractivity contribution in [2.75, 3.05) is 11.9 Å². The predicted octanol–water partition coefficient (Wildman–Crippen LogP) is 4.87. The van der Waals surface area contributed by atoms with E-state index in [1.165, 1.54) is 30.3 Å². The van der Waals surface area contributed by atoms with Gasteiger partial charge in [-0.3, -0.25) is 9.59 Å². The number of halogens is 1. The van der Waals surface area contributed by atoms with Gasteiger partial charge in [0.05, 0.1) is 17.0 Å². The maximum atomic E-state index is 13.1. The van der Waals surface area contributed by atoms with Gasteiger partial charge in [0.15, 0.2) is 17.2 Å².